The average Bonchev–Trinajstić information content (AvgIpc) is 2.34. The minimum absolute atomic E-state index is 0.0538. The molecule has 0 fully saturated rings. The summed E-state index contributed by atoms with van der Waals surface area (Å²) in [6.45, 7) is 6.22. The van der Waals surface area contributed by atoms with E-state index in [9.17, 15) is 9.59 Å². The number of hydrogen-bond acceptors (Lipinski definition) is 3. The molecule has 4 nitrogen and oxygen atoms in total. The predicted octanol–water partition coefficient (Wildman–Crippen LogP) is 1.91. The predicted molar refractivity (Wildman–Crippen MR) is 83.1 cm³/mol. The zero-order valence-electron chi connectivity index (χ0n) is 12.7. The molecule has 0 bridgehead atoms. The van der Waals surface area contributed by atoms with Gasteiger partial charge in [0.2, 0.25) is 11.8 Å². The van der Waals surface area contributed by atoms with Gasteiger partial charge in [-0.2, -0.15) is 0 Å². The Labute approximate surface area is 124 Å². The van der Waals surface area contributed by atoms with Crippen LogP contribution in [0.25, 0.3) is 0 Å². The first-order valence-corrected chi connectivity index (χ1v) is 7.47. The van der Waals surface area contributed by atoms with E-state index in [1.54, 1.807) is 14.1 Å². The van der Waals surface area contributed by atoms with Crippen molar-refractivity contribution < 1.29 is 9.59 Å². The highest BCUT2D eigenvalue weighted by molar-refractivity contribution is 8.00. The maximum atomic E-state index is 11.7. The smallest absolute Gasteiger partial charge is 0.241 e. The van der Waals surface area contributed by atoms with Crippen molar-refractivity contribution in [3.05, 3.63) is 28.8 Å². The number of likely N-dealkylation sites (N-methyl/N-ethyl adjacent to an activating group) is 1. The molecule has 20 heavy (non-hydrogen) atoms. The van der Waals surface area contributed by atoms with Gasteiger partial charge in [-0.3, -0.25) is 9.59 Å². The lowest BCUT2D eigenvalue weighted by Crippen LogP contribution is -2.36. The molecule has 0 spiro atoms. The summed E-state index contributed by atoms with van der Waals surface area (Å²) in [5.41, 5.74) is 3.60. The highest BCUT2D eigenvalue weighted by Crippen LogP contribution is 2.27. The molecule has 110 valence electrons. The molecule has 0 saturated carbocycles. The lowest BCUT2D eigenvalue weighted by atomic mass is 10.1. The summed E-state index contributed by atoms with van der Waals surface area (Å²) >= 11 is 1.51. The first-order valence-electron chi connectivity index (χ1n) is 6.48. The number of amides is 2. The van der Waals surface area contributed by atoms with E-state index in [1.807, 2.05) is 0 Å². The fraction of sp³-hybridized carbons (Fsp3) is 0.467. The standard InChI is InChI=1S/C15H22N2O2S/c1-10-6-11(2)15(12(3)7-10)20-9-13(18)16-8-14(19)17(4)5/h6-7H,8-9H2,1-5H3,(H,16,18). The van der Waals surface area contributed by atoms with Crippen molar-refractivity contribution >= 4 is 23.6 Å². The maximum Gasteiger partial charge on any atom is 0.241 e. The Balaban J connectivity index is 2.52. The molecule has 0 aliphatic heterocycles. The van der Waals surface area contributed by atoms with Crippen LogP contribution in [-0.2, 0) is 9.59 Å². The van der Waals surface area contributed by atoms with Crippen LogP contribution >= 0.6 is 11.8 Å². The number of carbonyl (C=O) groups excluding carboxylic acids is 2. The van der Waals surface area contributed by atoms with Crippen LogP contribution in [0.1, 0.15) is 16.7 Å². The van der Waals surface area contributed by atoms with Gasteiger partial charge in [0.15, 0.2) is 0 Å². The Bertz CT molecular complexity index is 490. The van der Waals surface area contributed by atoms with Crippen LogP contribution in [0, 0.1) is 20.8 Å². The van der Waals surface area contributed by atoms with Crippen molar-refractivity contribution in [2.45, 2.75) is 25.7 Å². The second-order valence-electron chi connectivity index (χ2n) is 5.08. The maximum absolute atomic E-state index is 11.7. The Hall–Kier alpha value is -1.49. The van der Waals surface area contributed by atoms with E-state index in [0.29, 0.717) is 5.75 Å². The Morgan fingerprint density at radius 3 is 2.20 bits per heavy atom. The molecule has 0 aromatic heterocycles. The fourth-order valence-electron chi connectivity index (χ4n) is 1.92. The minimum atomic E-state index is -0.121. The van der Waals surface area contributed by atoms with E-state index in [2.05, 4.69) is 38.2 Å². The van der Waals surface area contributed by atoms with Gasteiger partial charge < -0.3 is 10.2 Å². The number of nitrogens with zero attached hydrogens (tertiary/aromatic N) is 1. The number of nitrogens with one attached hydrogen (secondary N) is 1. The molecule has 0 aliphatic carbocycles. The first kappa shape index (κ1) is 16.6. The van der Waals surface area contributed by atoms with Crippen molar-refractivity contribution in [2.24, 2.45) is 0 Å². The zero-order valence-corrected chi connectivity index (χ0v) is 13.6. The van der Waals surface area contributed by atoms with Gasteiger partial charge in [0.1, 0.15) is 0 Å². The van der Waals surface area contributed by atoms with Gasteiger partial charge in [0, 0.05) is 19.0 Å². The van der Waals surface area contributed by atoms with E-state index in [0.717, 1.165) is 4.90 Å². The lowest BCUT2D eigenvalue weighted by molar-refractivity contribution is -0.130. The van der Waals surface area contributed by atoms with Crippen LogP contribution in [0.5, 0.6) is 0 Å². The molecule has 0 heterocycles. The number of benzene rings is 1. The van der Waals surface area contributed by atoms with Gasteiger partial charge in [-0.1, -0.05) is 17.7 Å². The molecule has 0 saturated heterocycles. The second-order valence-corrected chi connectivity index (χ2v) is 6.07. The quantitative estimate of drug-likeness (QED) is 0.844. The van der Waals surface area contributed by atoms with Crippen molar-refractivity contribution in [3.63, 3.8) is 0 Å². The minimum Gasteiger partial charge on any atom is -0.347 e. The third-order valence-corrected chi connectivity index (χ3v) is 4.23. The Morgan fingerprint density at radius 2 is 1.70 bits per heavy atom. The Kier molecular flexibility index (Phi) is 6.07. The van der Waals surface area contributed by atoms with Crippen LogP contribution in [0.2, 0.25) is 0 Å². The monoisotopic (exact) mass is 294 g/mol. The first-order chi connectivity index (χ1) is 9.31. The van der Waals surface area contributed by atoms with Crippen molar-refractivity contribution in [3.8, 4) is 0 Å². The van der Waals surface area contributed by atoms with Crippen molar-refractivity contribution in [1.82, 2.24) is 10.2 Å². The number of rotatable bonds is 5. The SMILES string of the molecule is Cc1cc(C)c(SCC(=O)NCC(=O)N(C)C)c(C)c1. The number of hydrogen-bond donors (Lipinski definition) is 1. The fourth-order valence-corrected chi connectivity index (χ4v) is 2.87. The van der Waals surface area contributed by atoms with E-state index >= 15 is 0 Å². The summed E-state index contributed by atoms with van der Waals surface area (Å²) in [5.74, 6) is 0.0986. The third-order valence-electron chi connectivity index (χ3n) is 2.89. The highest BCUT2D eigenvalue weighted by atomic mass is 32.2. The Morgan fingerprint density at radius 1 is 1.15 bits per heavy atom. The molecule has 0 unspecified atom stereocenters. The van der Waals surface area contributed by atoms with Crippen LogP contribution in [0.15, 0.2) is 17.0 Å². The van der Waals surface area contributed by atoms with Crippen molar-refractivity contribution in [2.75, 3.05) is 26.4 Å². The van der Waals surface area contributed by atoms with Crippen LogP contribution in [0.4, 0.5) is 0 Å². The molecule has 1 aromatic carbocycles. The van der Waals surface area contributed by atoms with Gasteiger partial charge >= 0.3 is 0 Å². The molecular weight excluding hydrogens is 272 g/mol. The van der Waals surface area contributed by atoms with E-state index in [-0.39, 0.29) is 18.4 Å². The molecule has 0 radical (unpaired) electrons. The topological polar surface area (TPSA) is 49.4 Å². The lowest BCUT2D eigenvalue weighted by Gasteiger charge is -2.12. The van der Waals surface area contributed by atoms with Crippen LogP contribution < -0.4 is 5.32 Å². The summed E-state index contributed by atoms with van der Waals surface area (Å²) in [6, 6.07) is 4.23. The summed E-state index contributed by atoms with van der Waals surface area (Å²) < 4.78 is 0. The molecule has 0 atom stereocenters. The summed E-state index contributed by atoms with van der Waals surface area (Å²) in [5, 5.41) is 2.63. The van der Waals surface area contributed by atoms with Gasteiger partial charge in [0.05, 0.1) is 12.3 Å². The molecule has 0 aliphatic rings. The second kappa shape index (κ2) is 7.33. The van der Waals surface area contributed by atoms with Gasteiger partial charge in [-0.05, 0) is 31.9 Å². The average molecular weight is 294 g/mol. The van der Waals surface area contributed by atoms with Crippen molar-refractivity contribution in [1.29, 1.82) is 0 Å². The zero-order chi connectivity index (χ0) is 15.3. The molecule has 1 aromatic rings. The third kappa shape index (κ3) is 4.89. The van der Waals surface area contributed by atoms with Gasteiger partial charge in [-0.25, -0.2) is 0 Å². The van der Waals surface area contributed by atoms with Crippen LogP contribution in [-0.4, -0.2) is 43.1 Å². The molecule has 5 heteroatoms. The summed E-state index contributed by atoms with van der Waals surface area (Å²) in [7, 11) is 3.34. The van der Waals surface area contributed by atoms with Gasteiger partial charge in [-0.15, -0.1) is 11.8 Å². The number of aryl methyl sites for hydroxylation is 3. The number of thioether (sulfide) groups is 1. The largest absolute Gasteiger partial charge is 0.347 e. The molecular formula is C15H22N2O2S. The normalized spacial score (nSPS) is 10.2. The van der Waals surface area contributed by atoms with Gasteiger partial charge in [0.25, 0.3) is 0 Å². The summed E-state index contributed by atoms with van der Waals surface area (Å²) in [4.78, 5) is 25.7. The molecule has 1 N–H and O–H groups in total. The van der Waals surface area contributed by atoms with Crippen LogP contribution in [0.3, 0.4) is 0 Å². The van der Waals surface area contributed by atoms with E-state index in [1.165, 1.54) is 33.4 Å². The number of carbonyl (C=O) groups is 2. The molecule has 2 amide bonds. The molecule has 1 rings (SSSR count). The van der Waals surface area contributed by atoms with E-state index < -0.39 is 0 Å². The summed E-state index contributed by atoms with van der Waals surface area (Å²) in [6.07, 6.45) is 0. The highest BCUT2D eigenvalue weighted by Gasteiger charge is 2.10. The van der Waals surface area contributed by atoms with E-state index in [4.69, 9.17) is 0 Å².